The first-order valence-electron chi connectivity index (χ1n) is 4.69. The standard InChI is InChI=1S/C9H17NO2/c1-3-4-7(2)12-9(11)10-8-5-6-8/h7-8H,3-6H2,1-2H3,(H,10,11). The van der Waals surface area contributed by atoms with E-state index in [0.29, 0.717) is 6.04 Å². The fraction of sp³-hybridized carbons (Fsp3) is 0.889. The summed E-state index contributed by atoms with van der Waals surface area (Å²) in [5, 5.41) is 2.78. The zero-order valence-corrected chi connectivity index (χ0v) is 7.80. The van der Waals surface area contributed by atoms with E-state index in [9.17, 15) is 4.79 Å². The Kier molecular flexibility index (Phi) is 3.38. The van der Waals surface area contributed by atoms with Gasteiger partial charge in [-0.2, -0.15) is 0 Å². The van der Waals surface area contributed by atoms with Crippen molar-refractivity contribution in [1.29, 1.82) is 0 Å². The molecule has 1 atom stereocenters. The Morgan fingerprint density at radius 2 is 2.33 bits per heavy atom. The molecule has 0 aliphatic heterocycles. The van der Waals surface area contributed by atoms with Crippen LogP contribution in [0.2, 0.25) is 0 Å². The van der Waals surface area contributed by atoms with E-state index < -0.39 is 0 Å². The summed E-state index contributed by atoms with van der Waals surface area (Å²) in [5.74, 6) is 0. The SMILES string of the molecule is CCCC(C)OC(=O)NC1CC1. The molecule has 0 aromatic heterocycles. The first kappa shape index (κ1) is 9.36. The quantitative estimate of drug-likeness (QED) is 0.703. The van der Waals surface area contributed by atoms with Gasteiger partial charge >= 0.3 is 6.09 Å². The maximum absolute atomic E-state index is 11.0. The van der Waals surface area contributed by atoms with Crippen molar-refractivity contribution in [2.45, 2.75) is 51.7 Å². The third kappa shape index (κ3) is 3.60. The molecule has 0 radical (unpaired) electrons. The monoisotopic (exact) mass is 171 g/mol. The Morgan fingerprint density at radius 1 is 1.67 bits per heavy atom. The second-order valence-corrected chi connectivity index (χ2v) is 3.42. The Balaban J connectivity index is 2.06. The number of ether oxygens (including phenoxy) is 1. The Labute approximate surface area is 73.5 Å². The molecule has 12 heavy (non-hydrogen) atoms. The van der Waals surface area contributed by atoms with Gasteiger partial charge in [-0.15, -0.1) is 0 Å². The molecule has 3 nitrogen and oxygen atoms in total. The molecule has 1 amide bonds. The van der Waals surface area contributed by atoms with Gasteiger partial charge < -0.3 is 10.1 Å². The molecule has 0 aromatic carbocycles. The third-order valence-electron chi connectivity index (χ3n) is 1.90. The van der Waals surface area contributed by atoms with Gasteiger partial charge in [-0.1, -0.05) is 13.3 Å². The largest absolute Gasteiger partial charge is 0.447 e. The van der Waals surface area contributed by atoms with E-state index in [2.05, 4.69) is 12.2 Å². The summed E-state index contributed by atoms with van der Waals surface area (Å²) in [6, 6.07) is 0.395. The first-order chi connectivity index (χ1) is 5.72. The van der Waals surface area contributed by atoms with Gasteiger partial charge in [-0.05, 0) is 26.2 Å². The van der Waals surface area contributed by atoms with E-state index in [4.69, 9.17) is 4.74 Å². The fourth-order valence-electron chi connectivity index (χ4n) is 1.08. The summed E-state index contributed by atoms with van der Waals surface area (Å²) in [6.45, 7) is 4.01. The topological polar surface area (TPSA) is 38.3 Å². The normalized spacial score (nSPS) is 18.5. The highest BCUT2D eigenvalue weighted by atomic mass is 16.6. The van der Waals surface area contributed by atoms with Crippen molar-refractivity contribution >= 4 is 6.09 Å². The smallest absolute Gasteiger partial charge is 0.407 e. The van der Waals surface area contributed by atoms with Crippen LogP contribution in [0.25, 0.3) is 0 Å². The second-order valence-electron chi connectivity index (χ2n) is 3.42. The highest BCUT2D eigenvalue weighted by Gasteiger charge is 2.24. The predicted octanol–water partition coefficient (Wildman–Crippen LogP) is 2.06. The van der Waals surface area contributed by atoms with E-state index in [1.165, 1.54) is 0 Å². The van der Waals surface area contributed by atoms with Gasteiger partial charge in [0, 0.05) is 6.04 Å². The van der Waals surface area contributed by atoms with Gasteiger partial charge in [0.2, 0.25) is 0 Å². The highest BCUT2D eigenvalue weighted by Crippen LogP contribution is 2.18. The number of nitrogens with one attached hydrogen (secondary N) is 1. The lowest BCUT2D eigenvalue weighted by molar-refractivity contribution is 0.101. The molecule has 1 aliphatic carbocycles. The number of amides is 1. The average molecular weight is 171 g/mol. The van der Waals surface area contributed by atoms with Gasteiger partial charge in [-0.25, -0.2) is 4.79 Å². The summed E-state index contributed by atoms with van der Waals surface area (Å²) < 4.78 is 5.09. The minimum Gasteiger partial charge on any atom is -0.447 e. The van der Waals surface area contributed by atoms with Crippen LogP contribution in [0.5, 0.6) is 0 Å². The number of alkyl carbamates (subject to hydrolysis) is 1. The van der Waals surface area contributed by atoms with Gasteiger partial charge in [0.05, 0.1) is 0 Å². The Morgan fingerprint density at radius 3 is 2.83 bits per heavy atom. The van der Waals surface area contributed by atoms with Crippen molar-refractivity contribution in [2.24, 2.45) is 0 Å². The maximum Gasteiger partial charge on any atom is 0.407 e. The van der Waals surface area contributed by atoms with Crippen LogP contribution in [0.1, 0.15) is 39.5 Å². The minimum absolute atomic E-state index is 0.0498. The molecule has 0 spiro atoms. The molecule has 1 fully saturated rings. The van der Waals surface area contributed by atoms with Crippen molar-refractivity contribution in [3.05, 3.63) is 0 Å². The third-order valence-corrected chi connectivity index (χ3v) is 1.90. The van der Waals surface area contributed by atoms with Crippen molar-refractivity contribution in [3.63, 3.8) is 0 Å². The lowest BCUT2D eigenvalue weighted by atomic mass is 10.2. The molecular formula is C9H17NO2. The molecule has 1 N–H and O–H groups in total. The van der Waals surface area contributed by atoms with Gasteiger partial charge in [0.1, 0.15) is 6.10 Å². The Hall–Kier alpha value is -0.730. The van der Waals surface area contributed by atoms with E-state index in [0.717, 1.165) is 25.7 Å². The van der Waals surface area contributed by atoms with Crippen molar-refractivity contribution in [1.82, 2.24) is 5.32 Å². The summed E-state index contributed by atoms with van der Waals surface area (Å²) in [5.41, 5.74) is 0. The number of carbonyl (C=O) groups excluding carboxylic acids is 1. The van der Waals surface area contributed by atoms with Crippen LogP contribution in [-0.2, 0) is 4.74 Å². The summed E-state index contributed by atoms with van der Waals surface area (Å²) in [6.07, 6.45) is 4.01. The minimum atomic E-state index is -0.251. The first-order valence-corrected chi connectivity index (χ1v) is 4.69. The molecule has 70 valence electrons. The molecule has 1 rings (SSSR count). The summed E-state index contributed by atoms with van der Waals surface area (Å²) >= 11 is 0. The Bertz CT molecular complexity index is 155. The van der Waals surface area contributed by atoms with Crippen molar-refractivity contribution in [3.8, 4) is 0 Å². The van der Waals surface area contributed by atoms with E-state index >= 15 is 0 Å². The predicted molar refractivity (Wildman–Crippen MR) is 47.0 cm³/mol. The summed E-state index contributed by atoms with van der Waals surface area (Å²) in [7, 11) is 0. The van der Waals surface area contributed by atoms with Crippen LogP contribution in [0.15, 0.2) is 0 Å². The molecule has 1 unspecified atom stereocenters. The molecule has 1 saturated carbocycles. The molecular weight excluding hydrogens is 154 g/mol. The van der Waals surface area contributed by atoms with E-state index in [1.807, 2.05) is 6.92 Å². The maximum atomic E-state index is 11.0. The number of hydrogen-bond donors (Lipinski definition) is 1. The zero-order chi connectivity index (χ0) is 8.97. The molecule has 0 heterocycles. The average Bonchev–Trinajstić information content (AvgIpc) is 2.71. The number of rotatable bonds is 4. The lowest BCUT2D eigenvalue weighted by Crippen LogP contribution is -2.29. The van der Waals surface area contributed by atoms with E-state index in [-0.39, 0.29) is 12.2 Å². The van der Waals surface area contributed by atoms with Crippen molar-refractivity contribution in [2.75, 3.05) is 0 Å². The zero-order valence-electron chi connectivity index (χ0n) is 7.80. The number of carbonyl (C=O) groups is 1. The van der Waals surface area contributed by atoms with Gasteiger partial charge in [0.15, 0.2) is 0 Å². The fourth-order valence-corrected chi connectivity index (χ4v) is 1.08. The van der Waals surface area contributed by atoms with Crippen LogP contribution in [-0.4, -0.2) is 18.2 Å². The molecule has 0 saturated heterocycles. The molecule has 0 aromatic rings. The highest BCUT2D eigenvalue weighted by molar-refractivity contribution is 5.68. The number of hydrogen-bond acceptors (Lipinski definition) is 2. The second kappa shape index (κ2) is 4.33. The van der Waals surface area contributed by atoms with Gasteiger partial charge in [0.25, 0.3) is 0 Å². The van der Waals surface area contributed by atoms with Crippen LogP contribution in [0.3, 0.4) is 0 Å². The van der Waals surface area contributed by atoms with Gasteiger partial charge in [-0.3, -0.25) is 0 Å². The molecule has 3 heteroatoms. The van der Waals surface area contributed by atoms with Crippen LogP contribution >= 0.6 is 0 Å². The van der Waals surface area contributed by atoms with Crippen LogP contribution < -0.4 is 5.32 Å². The van der Waals surface area contributed by atoms with E-state index in [1.54, 1.807) is 0 Å². The van der Waals surface area contributed by atoms with Crippen molar-refractivity contribution < 1.29 is 9.53 Å². The van der Waals surface area contributed by atoms with Crippen LogP contribution in [0.4, 0.5) is 4.79 Å². The molecule has 0 bridgehead atoms. The summed E-state index contributed by atoms with van der Waals surface area (Å²) in [4.78, 5) is 11.0. The molecule has 1 aliphatic rings. The lowest BCUT2D eigenvalue weighted by Gasteiger charge is -2.12. The van der Waals surface area contributed by atoms with Crippen LogP contribution in [0, 0.1) is 0 Å².